The van der Waals surface area contributed by atoms with Crippen LogP contribution in [0, 0.1) is 6.92 Å². The Labute approximate surface area is 175 Å². The molecule has 0 bridgehead atoms. The predicted octanol–water partition coefficient (Wildman–Crippen LogP) is 2.77. The first-order valence-corrected chi connectivity index (χ1v) is 10.9. The normalized spacial score (nSPS) is 11.8. The quantitative estimate of drug-likeness (QED) is 0.504. The van der Waals surface area contributed by atoms with Gasteiger partial charge in [-0.25, -0.2) is 13.2 Å². The summed E-state index contributed by atoms with van der Waals surface area (Å²) in [5.41, 5.74) is 2.01. The van der Waals surface area contributed by atoms with E-state index in [1.54, 1.807) is 20.9 Å². The van der Waals surface area contributed by atoms with Crippen molar-refractivity contribution in [3.63, 3.8) is 0 Å². The van der Waals surface area contributed by atoms with Gasteiger partial charge in [0.2, 0.25) is 15.8 Å². The molecule has 1 aromatic carbocycles. The van der Waals surface area contributed by atoms with Gasteiger partial charge in [-0.3, -0.25) is 0 Å². The van der Waals surface area contributed by atoms with Crippen LogP contribution in [0.1, 0.15) is 35.8 Å². The molecule has 2 heterocycles. The number of hydrogen-bond acceptors (Lipinski definition) is 7. The Hall–Kier alpha value is -2.98. The maximum Gasteiger partial charge on any atom is 0.355 e. The predicted molar refractivity (Wildman–Crippen MR) is 109 cm³/mol. The van der Waals surface area contributed by atoms with Gasteiger partial charge in [-0.2, -0.15) is 9.29 Å². The molecule has 9 nitrogen and oxygen atoms in total. The third kappa shape index (κ3) is 4.44. The van der Waals surface area contributed by atoms with Crippen LogP contribution in [0.2, 0.25) is 0 Å². The number of benzene rings is 1. The van der Waals surface area contributed by atoms with E-state index in [4.69, 9.17) is 9.26 Å². The van der Waals surface area contributed by atoms with E-state index in [1.807, 2.05) is 31.2 Å². The molecular formula is C20H24N4O5S. The lowest BCUT2D eigenvalue weighted by Crippen LogP contribution is -2.30. The summed E-state index contributed by atoms with van der Waals surface area (Å²) in [6, 6.07) is 8.92. The molecule has 0 radical (unpaired) electrons. The second-order valence-corrected chi connectivity index (χ2v) is 8.65. The third-order valence-electron chi connectivity index (χ3n) is 4.64. The van der Waals surface area contributed by atoms with Crippen LogP contribution in [0.3, 0.4) is 0 Å². The zero-order valence-corrected chi connectivity index (χ0v) is 18.1. The highest BCUT2D eigenvalue weighted by molar-refractivity contribution is 7.89. The highest BCUT2D eigenvalue weighted by Gasteiger charge is 2.26. The van der Waals surface area contributed by atoms with Gasteiger partial charge < -0.3 is 13.8 Å². The van der Waals surface area contributed by atoms with Crippen molar-refractivity contribution in [1.29, 1.82) is 0 Å². The van der Waals surface area contributed by atoms with E-state index in [9.17, 15) is 13.2 Å². The van der Waals surface area contributed by atoms with Crippen LogP contribution in [0.25, 0.3) is 11.4 Å². The minimum atomic E-state index is -3.67. The van der Waals surface area contributed by atoms with Gasteiger partial charge in [0.1, 0.15) is 10.6 Å². The Balaban J connectivity index is 1.70. The molecule has 0 atom stereocenters. The Bertz CT molecular complexity index is 1130. The van der Waals surface area contributed by atoms with Gasteiger partial charge >= 0.3 is 5.97 Å². The summed E-state index contributed by atoms with van der Waals surface area (Å²) in [6.07, 6.45) is 1.40. The molecule has 0 spiro atoms. The highest BCUT2D eigenvalue weighted by atomic mass is 32.2. The number of aryl methyl sites for hydroxylation is 2. The number of aromatic nitrogens is 3. The summed E-state index contributed by atoms with van der Waals surface area (Å²) in [7, 11) is -2.09. The van der Waals surface area contributed by atoms with Crippen LogP contribution in [-0.4, -0.2) is 46.5 Å². The molecule has 0 fully saturated rings. The zero-order chi connectivity index (χ0) is 21.9. The van der Waals surface area contributed by atoms with E-state index in [1.165, 1.54) is 21.1 Å². The molecule has 0 unspecified atom stereocenters. The van der Waals surface area contributed by atoms with Crippen molar-refractivity contribution in [2.24, 2.45) is 7.05 Å². The van der Waals surface area contributed by atoms with Crippen molar-refractivity contribution in [2.75, 3.05) is 13.1 Å². The first-order chi connectivity index (χ1) is 14.3. The number of hydrogen-bond donors (Lipinski definition) is 0. The minimum Gasteiger partial charge on any atom is -0.451 e. The van der Waals surface area contributed by atoms with Crippen molar-refractivity contribution < 1.29 is 22.5 Å². The number of esters is 1. The number of ether oxygens (including phenoxy) is 1. The first kappa shape index (κ1) is 21.7. The molecule has 0 saturated heterocycles. The molecule has 0 amide bonds. The fourth-order valence-electron chi connectivity index (χ4n) is 2.93. The van der Waals surface area contributed by atoms with Crippen LogP contribution in [-0.2, 0) is 28.4 Å². The highest BCUT2D eigenvalue weighted by Crippen LogP contribution is 2.20. The molecule has 0 aliphatic rings. The monoisotopic (exact) mass is 432 g/mol. The third-order valence-corrected chi connectivity index (χ3v) is 6.65. The second-order valence-electron chi connectivity index (χ2n) is 6.72. The van der Waals surface area contributed by atoms with Crippen molar-refractivity contribution >= 4 is 16.0 Å². The molecular weight excluding hydrogens is 408 g/mol. The number of sulfonamides is 1. The summed E-state index contributed by atoms with van der Waals surface area (Å²) >= 11 is 0. The maximum atomic E-state index is 12.6. The molecule has 0 aliphatic heterocycles. The van der Waals surface area contributed by atoms with Crippen LogP contribution in [0.4, 0.5) is 0 Å². The summed E-state index contributed by atoms with van der Waals surface area (Å²) < 4.78 is 38.4. The van der Waals surface area contributed by atoms with E-state index in [-0.39, 0.29) is 23.1 Å². The number of carbonyl (C=O) groups is 1. The minimum absolute atomic E-state index is 0.0418. The largest absolute Gasteiger partial charge is 0.451 e. The Kier molecular flexibility index (Phi) is 6.37. The summed E-state index contributed by atoms with van der Waals surface area (Å²) in [4.78, 5) is 16.7. The fourth-order valence-corrected chi connectivity index (χ4v) is 4.46. The molecule has 160 valence electrons. The zero-order valence-electron chi connectivity index (χ0n) is 17.3. The van der Waals surface area contributed by atoms with E-state index in [0.717, 1.165) is 11.1 Å². The van der Waals surface area contributed by atoms with Gasteiger partial charge in [0.05, 0.1) is 0 Å². The number of rotatable bonds is 8. The lowest BCUT2D eigenvalue weighted by molar-refractivity contribution is 0.0418. The van der Waals surface area contributed by atoms with E-state index in [2.05, 4.69) is 10.1 Å². The van der Waals surface area contributed by atoms with Crippen molar-refractivity contribution in [3.05, 3.63) is 53.7 Å². The van der Waals surface area contributed by atoms with Crippen LogP contribution < -0.4 is 0 Å². The Morgan fingerprint density at radius 2 is 1.87 bits per heavy atom. The molecule has 30 heavy (non-hydrogen) atoms. The maximum absolute atomic E-state index is 12.6. The van der Waals surface area contributed by atoms with Crippen LogP contribution >= 0.6 is 0 Å². The molecule has 3 aromatic rings. The Morgan fingerprint density at radius 1 is 1.20 bits per heavy atom. The van der Waals surface area contributed by atoms with E-state index < -0.39 is 16.0 Å². The van der Waals surface area contributed by atoms with Crippen LogP contribution in [0.15, 0.2) is 45.9 Å². The summed E-state index contributed by atoms with van der Waals surface area (Å²) in [5.74, 6) is -0.148. The average molecular weight is 433 g/mol. The number of carbonyl (C=O) groups excluding carboxylic acids is 1. The average Bonchev–Trinajstić information content (AvgIpc) is 3.34. The van der Waals surface area contributed by atoms with E-state index in [0.29, 0.717) is 18.9 Å². The van der Waals surface area contributed by atoms with Crippen LogP contribution in [0.5, 0.6) is 0 Å². The van der Waals surface area contributed by atoms with Gasteiger partial charge in [0.25, 0.3) is 5.89 Å². The lowest BCUT2D eigenvalue weighted by Gasteiger charge is -2.17. The standard InChI is InChI=1S/C20H24N4O5S/c1-5-24(6-2)30(26,27)16-11-17(23(4)12-16)20(25)28-13-18-21-19(22-29-18)15-9-7-14(3)8-10-15/h7-12H,5-6,13H2,1-4H3. The molecule has 3 rings (SSSR count). The SMILES string of the molecule is CCN(CC)S(=O)(=O)c1cc(C(=O)OCc2nc(-c3ccc(C)cc3)no2)n(C)c1. The van der Waals surface area contributed by atoms with Gasteiger partial charge in [-0.1, -0.05) is 48.8 Å². The van der Waals surface area contributed by atoms with Crippen molar-refractivity contribution in [3.8, 4) is 11.4 Å². The van der Waals surface area contributed by atoms with Gasteiger partial charge in [-0.15, -0.1) is 0 Å². The van der Waals surface area contributed by atoms with Crippen molar-refractivity contribution in [1.82, 2.24) is 19.0 Å². The van der Waals surface area contributed by atoms with Gasteiger partial charge in [0, 0.05) is 31.9 Å². The summed E-state index contributed by atoms with van der Waals surface area (Å²) in [5, 5.41) is 3.89. The molecule has 2 aromatic heterocycles. The van der Waals surface area contributed by atoms with Gasteiger partial charge in [0.15, 0.2) is 6.61 Å². The molecule has 0 saturated carbocycles. The van der Waals surface area contributed by atoms with E-state index >= 15 is 0 Å². The Morgan fingerprint density at radius 3 is 2.50 bits per heavy atom. The molecule has 0 aliphatic carbocycles. The number of nitrogens with zero attached hydrogens (tertiary/aromatic N) is 4. The molecule has 10 heteroatoms. The van der Waals surface area contributed by atoms with Crippen molar-refractivity contribution in [2.45, 2.75) is 32.3 Å². The second kappa shape index (κ2) is 8.80. The first-order valence-electron chi connectivity index (χ1n) is 9.49. The van der Waals surface area contributed by atoms with Gasteiger partial charge in [-0.05, 0) is 13.0 Å². The lowest BCUT2D eigenvalue weighted by atomic mass is 10.1. The fraction of sp³-hybridized carbons (Fsp3) is 0.350. The molecule has 0 N–H and O–H groups in total. The summed E-state index contributed by atoms with van der Waals surface area (Å²) in [6.45, 7) is 5.96. The topological polar surface area (TPSA) is 108 Å². The smallest absolute Gasteiger partial charge is 0.355 e.